The zero-order valence-corrected chi connectivity index (χ0v) is 10.9. The summed E-state index contributed by atoms with van der Waals surface area (Å²) in [5.41, 5.74) is 6.17. The molecule has 0 bridgehead atoms. The summed E-state index contributed by atoms with van der Waals surface area (Å²) in [6, 6.07) is 2.59. The number of nitrogens with two attached hydrogens (primary N) is 1. The van der Waals surface area contributed by atoms with Crippen LogP contribution in [0.15, 0.2) is 12.1 Å². The van der Waals surface area contributed by atoms with Crippen molar-refractivity contribution < 1.29 is 8.78 Å². The Morgan fingerprint density at radius 1 is 1.28 bits per heavy atom. The lowest BCUT2D eigenvalue weighted by Gasteiger charge is -2.39. The maximum atomic E-state index is 13.8. The van der Waals surface area contributed by atoms with Gasteiger partial charge in [-0.15, -0.1) is 0 Å². The van der Waals surface area contributed by atoms with Gasteiger partial charge in [0.1, 0.15) is 0 Å². The highest BCUT2D eigenvalue weighted by Gasteiger charge is 2.33. The Morgan fingerprint density at radius 3 is 2.67 bits per heavy atom. The monoisotopic (exact) mass is 254 g/mol. The predicted octanol–water partition coefficient (Wildman–Crippen LogP) is 3.93. The molecule has 4 heteroatoms. The van der Waals surface area contributed by atoms with Crippen molar-refractivity contribution in [2.45, 2.75) is 45.6 Å². The summed E-state index contributed by atoms with van der Waals surface area (Å²) < 4.78 is 27.0. The molecular formula is C14H20F2N2. The first-order valence-corrected chi connectivity index (χ1v) is 6.42. The van der Waals surface area contributed by atoms with Crippen molar-refractivity contribution in [3.63, 3.8) is 0 Å². The molecule has 1 saturated carbocycles. The van der Waals surface area contributed by atoms with Gasteiger partial charge in [-0.3, -0.25) is 0 Å². The maximum Gasteiger partial charge on any atom is 0.183 e. The van der Waals surface area contributed by atoms with Crippen LogP contribution in [0.25, 0.3) is 0 Å². The molecule has 1 unspecified atom stereocenters. The number of halogens is 2. The van der Waals surface area contributed by atoms with Gasteiger partial charge in [0.15, 0.2) is 11.6 Å². The van der Waals surface area contributed by atoms with E-state index in [2.05, 4.69) is 19.2 Å². The molecule has 1 aliphatic carbocycles. The largest absolute Gasteiger partial charge is 0.397 e. The number of nitrogens with one attached hydrogen (secondary N) is 1. The Hall–Kier alpha value is -1.32. The average Bonchev–Trinajstić information content (AvgIpc) is 2.31. The van der Waals surface area contributed by atoms with Crippen molar-refractivity contribution in [2.75, 3.05) is 11.1 Å². The van der Waals surface area contributed by atoms with Crippen LogP contribution in [0.2, 0.25) is 0 Å². The lowest BCUT2D eigenvalue weighted by atomic mass is 9.73. The fraction of sp³-hybridized carbons (Fsp3) is 0.571. The molecule has 0 heterocycles. The molecule has 18 heavy (non-hydrogen) atoms. The number of nitrogen functional groups attached to an aromatic ring is 1. The fourth-order valence-electron chi connectivity index (χ4n) is 2.65. The molecule has 1 aliphatic rings. The van der Waals surface area contributed by atoms with Crippen LogP contribution in [0, 0.1) is 17.0 Å². The molecule has 1 aromatic carbocycles. The number of hydrogen-bond acceptors (Lipinski definition) is 2. The van der Waals surface area contributed by atoms with E-state index in [-0.39, 0.29) is 22.8 Å². The van der Waals surface area contributed by atoms with Gasteiger partial charge in [0, 0.05) is 6.04 Å². The quantitative estimate of drug-likeness (QED) is 0.785. The molecule has 3 N–H and O–H groups in total. The summed E-state index contributed by atoms with van der Waals surface area (Å²) in [5.74, 6) is -1.74. The van der Waals surface area contributed by atoms with Crippen LogP contribution in [-0.4, -0.2) is 6.04 Å². The lowest BCUT2D eigenvalue weighted by molar-refractivity contribution is 0.216. The van der Waals surface area contributed by atoms with Gasteiger partial charge < -0.3 is 11.1 Å². The minimum atomic E-state index is -0.878. The molecule has 2 nitrogen and oxygen atoms in total. The molecule has 100 valence electrons. The van der Waals surface area contributed by atoms with Crippen LogP contribution in [0.1, 0.15) is 39.5 Å². The smallest absolute Gasteiger partial charge is 0.183 e. The van der Waals surface area contributed by atoms with E-state index >= 15 is 0 Å². The number of rotatable bonds is 2. The third-order valence-electron chi connectivity index (χ3n) is 3.95. The number of benzene rings is 1. The van der Waals surface area contributed by atoms with Crippen molar-refractivity contribution in [3.8, 4) is 0 Å². The van der Waals surface area contributed by atoms with Gasteiger partial charge >= 0.3 is 0 Å². The first-order chi connectivity index (χ1) is 8.42. The number of hydrogen-bond donors (Lipinski definition) is 2. The lowest BCUT2D eigenvalue weighted by Crippen LogP contribution is -2.39. The van der Waals surface area contributed by atoms with Gasteiger partial charge in [-0.1, -0.05) is 26.7 Å². The highest BCUT2D eigenvalue weighted by atomic mass is 19.2. The molecule has 2 rings (SSSR count). The average molecular weight is 254 g/mol. The van der Waals surface area contributed by atoms with Crippen molar-refractivity contribution in [2.24, 2.45) is 5.41 Å². The molecule has 0 aromatic heterocycles. The third-order valence-corrected chi connectivity index (χ3v) is 3.95. The fourth-order valence-corrected chi connectivity index (χ4v) is 2.65. The van der Waals surface area contributed by atoms with Crippen molar-refractivity contribution in [1.82, 2.24) is 0 Å². The van der Waals surface area contributed by atoms with E-state index in [1.165, 1.54) is 12.5 Å². The summed E-state index contributed by atoms with van der Waals surface area (Å²) >= 11 is 0. The highest BCUT2D eigenvalue weighted by molar-refractivity contribution is 5.67. The molecule has 1 aromatic rings. The Labute approximate surface area is 107 Å². The second-order valence-electron chi connectivity index (χ2n) is 5.76. The molecule has 0 aliphatic heterocycles. The van der Waals surface area contributed by atoms with Gasteiger partial charge in [0.2, 0.25) is 0 Å². The van der Waals surface area contributed by atoms with Gasteiger partial charge in [-0.25, -0.2) is 8.78 Å². The van der Waals surface area contributed by atoms with Crippen LogP contribution in [-0.2, 0) is 0 Å². The van der Waals surface area contributed by atoms with Crippen LogP contribution < -0.4 is 11.1 Å². The van der Waals surface area contributed by atoms with E-state index in [0.29, 0.717) is 0 Å². The van der Waals surface area contributed by atoms with E-state index in [0.717, 1.165) is 25.3 Å². The predicted molar refractivity (Wildman–Crippen MR) is 70.4 cm³/mol. The maximum absolute atomic E-state index is 13.8. The number of anilines is 2. The van der Waals surface area contributed by atoms with Crippen LogP contribution >= 0.6 is 0 Å². The Kier molecular flexibility index (Phi) is 3.46. The molecule has 0 radical (unpaired) electrons. The molecule has 1 fully saturated rings. The van der Waals surface area contributed by atoms with E-state index in [4.69, 9.17) is 5.73 Å². The second-order valence-corrected chi connectivity index (χ2v) is 5.76. The van der Waals surface area contributed by atoms with Crippen molar-refractivity contribution in [1.29, 1.82) is 0 Å². The summed E-state index contributed by atoms with van der Waals surface area (Å²) in [6.07, 6.45) is 4.34. The zero-order chi connectivity index (χ0) is 13.3. The van der Waals surface area contributed by atoms with Gasteiger partial charge in [0.25, 0.3) is 0 Å². The van der Waals surface area contributed by atoms with E-state index < -0.39 is 11.6 Å². The second kappa shape index (κ2) is 4.75. The molecule has 0 amide bonds. The Bertz CT molecular complexity index is 444. The van der Waals surface area contributed by atoms with Crippen LogP contribution in [0.5, 0.6) is 0 Å². The zero-order valence-electron chi connectivity index (χ0n) is 10.9. The van der Waals surface area contributed by atoms with Gasteiger partial charge in [-0.05, 0) is 30.4 Å². The summed E-state index contributed by atoms with van der Waals surface area (Å²) in [4.78, 5) is 0. The standard InChI is InChI=1S/C14H20F2N2/c1-14(2)8-4-3-5-11(14)18-13-10(17)7-6-9(15)12(13)16/h6-7,11,18H,3-5,8,17H2,1-2H3. The normalized spacial score (nSPS) is 22.8. The van der Waals surface area contributed by atoms with Crippen LogP contribution in [0.3, 0.4) is 0 Å². The molecule has 1 atom stereocenters. The highest BCUT2D eigenvalue weighted by Crippen LogP contribution is 2.38. The first kappa shape index (κ1) is 13.1. The van der Waals surface area contributed by atoms with E-state index in [1.807, 2.05) is 0 Å². The summed E-state index contributed by atoms with van der Waals surface area (Å²) in [7, 11) is 0. The topological polar surface area (TPSA) is 38.0 Å². The van der Waals surface area contributed by atoms with Crippen molar-refractivity contribution in [3.05, 3.63) is 23.8 Å². The SMILES string of the molecule is CC1(C)CCCCC1Nc1c(N)ccc(F)c1F. The molecule has 0 saturated heterocycles. The summed E-state index contributed by atoms with van der Waals surface area (Å²) in [6.45, 7) is 4.30. The Morgan fingerprint density at radius 2 is 2.00 bits per heavy atom. The first-order valence-electron chi connectivity index (χ1n) is 6.42. The van der Waals surface area contributed by atoms with E-state index in [9.17, 15) is 8.78 Å². The van der Waals surface area contributed by atoms with Gasteiger partial charge in [0.05, 0.1) is 11.4 Å². The Balaban J connectivity index is 2.26. The molecular weight excluding hydrogens is 234 g/mol. The third kappa shape index (κ3) is 2.42. The summed E-state index contributed by atoms with van der Waals surface area (Å²) in [5, 5.41) is 3.11. The molecule has 0 spiro atoms. The van der Waals surface area contributed by atoms with Gasteiger partial charge in [-0.2, -0.15) is 0 Å². The minimum absolute atomic E-state index is 0.0729. The van der Waals surface area contributed by atoms with E-state index in [1.54, 1.807) is 0 Å². The minimum Gasteiger partial charge on any atom is -0.397 e. The van der Waals surface area contributed by atoms with Crippen LogP contribution in [0.4, 0.5) is 20.2 Å². The van der Waals surface area contributed by atoms with Crippen molar-refractivity contribution >= 4 is 11.4 Å².